The molecule has 202 valence electrons. The smallest absolute Gasteiger partial charge is 0.411 e. The van der Waals surface area contributed by atoms with Crippen molar-refractivity contribution in [1.82, 2.24) is 14.9 Å². The number of aromatic nitrogens is 2. The molecule has 1 fully saturated rings. The number of allylic oxidation sites excluding steroid dienone is 1. The SMILES string of the molecule is COC(=O)Cc1ccc2c(c1)NC(=O)CC/C=C/C[C@H](N1CCC(c3cccc(Cl)c3)OC1=O)c1ncc-2[nH]1. The van der Waals surface area contributed by atoms with E-state index in [0.717, 1.165) is 11.1 Å². The first kappa shape index (κ1) is 26.5. The van der Waals surface area contributed by atoms with Crippen LogP contribution < -0.4 is 5.32 Å². The highest BCUT2D eigenvalue weighted by Gasteiger charge is 2.35. The van der Waals surface area contributed by atoms with Crippen molar-refractivity contribution in [1.29, 1.82) is 0 Å². The molecule has 10 heteroatoms. The number of hydrogen-bond acceptors (Lipinski definition) is 6. The highest BCUT2D eigenvalue weighted by molar-refractivity contribution is 6.30. The Bertz CT molecular complexity index is 1420. The summed E-state index contributed by atoms with van der Waals surface area (Å²) in [5.41, 5.74) is 3.56. The summed E-state index contributed by atoms with van der Waals surface area (Å²) >= 11 is 6.14. The molecule has 2 aliphatic rings. The molecule has 0 aliphatic carbocycles. The van der Waals surface area contributed by atoms with Crippen LogP contribution in [0.2, 0.25) is 5.02 Å². The maximum absolute atomic E-state index is 13.2. The van der Waals surface area contributed by atoms with Crippen LogP contribution in [0.15, 0.2) is 60.8 Å². The molecule has 2 aliphatic heterocycles. The van der Waals surface area contributed by atoms with Crippen molar-refractivity contribution in [2.75, 3.05) is 19.0 Å². The number of halogens is 1. The molecule has 0 spiro atoms. The molecular weight excluding hydrogens is 520 g/mol. The standard InChI is InChI=1S/C29H29ClN4O5/c1-38-27(36)15-18-10-11-21-22(14-18)32-26(35)9-4-2-3-8-24(28-31-17-23(21)33-28)34-13-12-25(39-29(34)37)19-6-5-7-20(30)16-19/h2-3,5-7,10-11,14,16-17,24-25H,4,8-9,12-13,15H2,1H3,(H,31,33)(H,32,35)/b3-2+/t24-,25?/m0/s1. The van der Waals surface area contributed by atoms with Crippen molar-refractivity contribution < 1.29 is 23.9 Å². The third-order valence-electron chi connectivity index (χ3n) is 6.91. The van der Waals surface area contributed by atoms with E-state index in [9.17, 15) is 14.4 Å². The fourth-order valence-corrected chi connectivity index (χ4v) is 5.10. The quantitative estimate of drug-likeness (QED) is 0.317. The lowest BCUT2D eigenvalue weighted by Crippen LogP contribution is -2.41. The number of imidazole rings is 1. The van der Waals surface area contributed by atoms with Gasteiger partial charge in [-0.1, -0.05) is 48.0 Å². The maximum Gasteiger partial charge on any atom is 0.411 e. The van der Waals surface area contributed by atoms with E-state index in [1.807, 2.05) is 42.5 Å². The molecule has 3 aromatic rings. The number of carbonyl (C=O) groups excluding carboxylic acids is 3. The number of H-pyrrole nitrogens is 1. The number of methoxy groups -OCH3 is 1. The second-order valence-corrected chi connectivity index (χ2v) is 9.97. The van der Waals surface area contributed by atoms with Gasteiger partial charge >= 0.3 is 12.1 Å². The molecule has 2 atom stereocenters. The molecule has 9 nitrogen and oxygen atoms in total. The third-order valence-corrected chi connectivity index (χ3v) is 7.14. The van der Waals surface area contributed by atoms with Gasteiger partial charge in [0.05, 0.1) is 37.2 Å². The molecule has 0 radical (unpaired) electrons. The molecule has 0 saturated carbocycles. The van der Waals surface area contributed by atoms with Crippen molar-refractivity contribution in [3.05, 3.63) is 82.8 Å². The summed E-state index contributed by atoms with van der Waals surface area (Å²) in [6.07, 6.45) is 6.86. The second kappa shape index (κ2) is 11.7. The highest BCUT2D eigenvalue weighted by Crippen LogP contribution is 2.35. The largest absolute Gasteiger partial charge is 0.469 e. The summed E-state index contributed by atoms with van der Waals surface area (Å²) in [6, 6.07) is 12.4. The lowest BCUT2D eigenvalue weighted by atomic mass is 10.0. The van der Waals surface area contributed by atoms with Gasteiger partial charge in [0.25, 0.3) is 0 Å². The molecule has 1 aromatic heterocycles. The number of nitrogens with one attached hydrogen (secondary N) is 2. The van der Waals surface area contributed by atoms with Gasteiger partial charge in [0.1, 0.15) is 11.9 Å². The van der Waals surface area contributed by atoms with Crippen molar-refractivity contribution in [2.45, 2.75) is 44.2 Å². The summed E-state index contributed by atoms with van der Waals surface area (Å²) in [7, 11) is 1.34. The Balaban J connectivity index is 1.43. The number of carbonyl (C=O) groups is 3. The first-order chi connectivity index (χ1) is 18.9. The van der Waals surface area contributed by atoms with E-state index in [2.05, 4.69) is 15.3 Å². The molecular formula is C29H29ClN4O5. The zero-order valence-corrected chi connectivity index (χ0v) is 22.2. The minimum absolute atomic E-state index is 0.0892. The lowest BCUT2D eigenvalue weighted by molar-refractivity contribution is -0.139. The highest BCUT2D eigenvalue weighted by atomic mass is 35.5. The molecule has 2 amide bonds. The third kappa shape index (κ3) is 6.15. The molecule has 2 bridgehead atoms. The average Bonchev–Trinajstić information content (AvgIpc) is 3.40. The van der Waals surface area contributed by atoms with Crippen LogP contribution in [0, 0.1) is 0 Å². The fraction of sp³-hybridized carbons (Fsp3) is 0.310. The number of nitrogens with zero attached hydrogens (tertiary/aromatic N) is 2. The van der Waals surface area contributed by atoms with Crippen molar-refractivity contribution >= 4 is 35.3 Å². The number of esters is 1. The summed E-state index contributed by atoms with van der Waals surface area (Å²) in [6.45, 7) is 0.484. The Labute approximate surface area is 231 Å². The lowest BCUT2D eigenvalue weighted by Gasteiger charge is -2.36. The van der Waals surface area contributed by atoms with Crippen LogP contribution in [0.3, 0.4) is 0 Å². The minimum Gasteiger partial charge on any atom is -0.469 e. The van der Waals surface area contributed by atoms with E-state index in [0.29, 0.717) is 60.0 Å². The number of rotatable bonds is 4. The molecule has 2 N–H and O–H groups in total. The Kier molecular flexibility index (Phi) is 7.97. The monoisotopic (exact) mass is 548 g/mol. The van der Waals surface area contributed by atoms with Crippen LogP contribution in [0.4, 0.5) is 10.5 Å². The number of ether oxygens (including phenoxy) is 2. The van der Waals surface area contributed by atoms with Crippen LogP contribution in [0.1, 0.15) is 54.8 Å². The summed E-state index contributed by atoms with van der Waals surface area (Å²) in [5.74, 6) is 0.107. The molecule has 5 rings (SSSR count). The van der Waals surface area contributed by atoms with Gasteiger partial charge in [-0.3, -0.25) is 14.5 Å². The minimum atomic E-state index is -0.420. The van der Waals surface area contributed by atoms with E-state index in [-0.39, 0.29) is 30.4 Å². The topological polar surface area (TPSA) is 114 Å². The van der Waals surface area contributed by atoms with Gasteiger partial charge in [-0.15, -0.1) is 0 Å². The zero-order valence-electron chi connectivity index (χ0n) is 21.5. The van der Waals surface area contributed by atoms with E-state index in [1.54, 1.807) is 23.2 Å². The summed E-state index contributed by atoms with van der Waals surface area (Å²) < 4.78 is 10.6. The Hall–Kier alpha value is -4.11. The van der Waals surface area contributed by atoms with Crippen LogP contribution in [-0.4, -0.2) is 46.5 Å². The first-order valence-corrected chi connectivity index (χ1v) is 13.2. The van der Waals surface area contributed by atoms with Crippen molar-refractivity contribution in [3.63, 3.8) is 0 Å². The number of benzene rings is 2. The van der Waals surface area contributed by atoms with E-state index in [1.165, 1.54) is 7.11 Å². The number of amides is 2. The molecule has 2 aromatic carbocycles. The number of fused-ring (bicyclic) bond motifs is 4. The first-order valence-electron chi connectivity index (χ1n) is 12.8. The van der Waals surface area contributed by atoms with Gasteiger partial charge in [-0.05, 0) is 42.2 Å². The molecule has 1 saturated heterocycles. The van der Waals surface area contributed by atoms with E-state index >= 15 is 0 Å². The second-order valence-electron chi connectivity index (χ2n) is 9.53. The molecule has 1 unspecified atom stereocenters. The molecule has 39 heavy (non-hydrogen) atoms. The van der Waals surface area contributed by atoms with Gasteiger partial charge in [-0.2, -0.15) is 0 Å². The van der Waals surface area contributed by atoms with Crippen LogP contribution >= 0.6 is 11.6 Å². The zero-order chi connectivity index (χ0) is 27.4. The Morgan fingerprint density at radius 3 is 2.87 bits per heavy atom. The van der Waals surface area contributed by atoms with Gasteiger partial charge in [-0.25, -0.2) is 9.78 Å². The van der Waals surface area contributed by atoms with E-state index < -0.39 is 6.09 Å². The predicted octanol–water partition coefficient (Wildman–Crippen LogP) is 5.75. The average molecular weight is 549 g/mol. The van der Waals surface area contributed by atoms with Gasteiger partial charge in [0.2, 0.25) is 5.91 Å². The summed E-state index contributed by atoms with van der Waals surface area (Å²) in [5, 5.41) is 3.57. The normalized spacial score (nSPS) is 20.4. The van der Waals surface area contributed by atoms with Crippen LogP contribution in [0.5, 0.6) is 0 Å². The maximum atomic E-state index is 13.2. The van der Waals surface area contributed by atoms with E-state index in [4.69, 9.17) is 21.1 Å². The van der Waals surface area contributed by atoms with Gasteiger partial charge in [0, 0.05) is 30.0 Å². The van der Waals surface area contributed by atoms with Crippen molar-refractivity contribution in [2.24, 2.45) is 0 Å². The number of hydrogen-bond donors (Lipinski definition) is 2. The van der Waals surface area contributed by atoms with Crippen molar-refractivity contribution in [3.8, 4) is 11.3 Å². The number of anilines is 1. The fourth-order valence-electron chi connectivity index (χ4n) is 4.90. The predicted molar refractivity (Wildman–Crippen MR) is 146 cm³/mol. The Morgan fingerprint density at radius 1 is 1.21 bits per heavy atom. The summed E-state index contributed by atoms with van der Waals surface area (Å²) in [4.78, 5) is 47.4. The number of aromatic amines is 1. The molecule has 3 heterocycles. The number of cyclic esters (lactones) is 1. The van der Waals surface area contributed by atoms with Crippen LogP contribution in [-0.2, 0) is 25.5 Å². The van der Waals surface area contributed by atoms with Gasteiger partial charge < -0.3 is 19.8 Å². The van der Waals surface area contributed by atoms with Crippen LogP contribution in [0.25, 0.3) is 11.3 Å². The Morgan fingerprint density at radius 2 is 2.08 bits per heavy atom. The van der Waals surface area contributed by atoms with Gasteiger partial charge in [0.15, 0.2) is 0 Å².